The van der Waals surface area contributed by atoms with Gasteiger partial charge in [0, 0.05) is 46.5 Å². The van der Waals surface area contributed by atoms with Crippen molar-refractivity contribution in [2.45, 2.75) is 19.9 Å². The van der Waals surface area contributed by atoms with Gasteiger partial charge < -0.3 is 10.3 Å². The monoisotopic (exact) mass is 431 g/mol. The Balaban J connectivity index is 1.52. The quantitative estimate of drug-likeness (QED) is 0.441. The van der Waals surface area contributed by atoms with Crippen molar-refractivity contribution < 1.29 is 8.78 Å². The van der Waals surface area contributed by atoms with E-state index in [1.54, 1.807) is 29.2 Å². The fourth-order valence-corrected chi connectivity index (χ4v) is 3.79. The molecule has 2 N–H and O–H groups in total. The van der Waals surface area contributed by atoms with Gasteiger partial charge >= 0.3 is 0 Å². The minimum Gasteiger partial charge on any atom is -0.383 e. The van der Waals surface area contributed by atoms with Gasteiger partial charge in [-0.1, -0.05) is 18.2 Å². The smallest absolute Gasteiger partial charge is 0.263 e. The van der Waals surface area contributed by atoms with E-state index in [0.29, 0.717) is 23.7 Å². The lowest BCUT2D eigenvalue weighted by Gasteiger charge is -2.04. The number of hydrogen-bond acceptors (Lipinski definition) is 5. The highest BCUT2D eigenvalue weighted by atomic mass is 19.3. The van der Waals surface area contributed by atoms with E-state index in [-0.39, 0.29) is 5.56 Å². The zero-order chi connectivity index (χ0) is 22.2. The molecular weight excluding hydrogens is 412 g/mol. The first-order valence-corrected chi connectivity index (χ1v) is 9.94. The summed E-state index contributed by atoms with van der Waals surface area (Å²) in [6.45, 7) is 2.45. The molecule has 0 radical (unpaired) electrons. The van der Waals surface area contributed by atoms with Gasteiger partial charge in [0.2, 0.25) is 0 Å². The van der Waals surface area contributed by atoms with Crippen LogP contribution >= 0.6 is 0 Å². The van der Waals surface area contributed by atoms with E-state index in [1.165, 1.54) is 18.5 Å². The number of aromatic nitrogens is 6. The van der Waals surface area contributed by atoms with Crippen LogP contribution in [0.2, 0.25) is 0 Å². The second-order valence-electron chi connectivity index (χ2n) is 7.45. The van der Waals surface area contributed by atoms with Crippen LogP contribution in [0, 0.1) is 6.92 Å². The Kier molecular flexibility index (Phi) is 4.85. The van der Waals surface area contributed by atoms with E-state index in [9.17, 15) is 8.78 Å². The number of anilines is 1. The van der Waals surface area contributed by atoms with E-state index in [2.05, 4.69) is 20.1 Å². The zero-order valence-corrected chi connectivity index (χ0v) is 17.2. The molecule has 0 saturated carbocycles. The van der Waals surface area contributed by atoms with Crippen molar-refractivity contribution >= 4 is 16.9 Å². The predicted octanol–water partition coefficient (Wildman–Crippen LogP) is 4.56. The van der Waals surface area contributed by atoms with E-state index in [1.807, 2.05) is 36.0 Å². The standard InChI is InChI=1S/C23H19F2N7/c1-14-18(3-2-8-27-14)19-12-31(23-20(19)22(26)28-13-29-23)10-15-9-30-32(11-15)17-6-4-16(5-7-17)21(24)25/h2-9,11-13,21H,10H2,1H3,(H2,26,28,29). The minimum absolute atomic E-state index is 0.0181. The van der Waals surface area contributed by atoms with Crippen LogP contribution < -0.4 is 5.73 Å². The van der Waals surface area contributed by atoms with Crippen molar-refractivity contribution in [1.29, 1.82) is 0 Å². The molecule has 32 heavy (non-hydrogen) atoms. The molecule has 160 valence electrons. The molecule has 0 unspecified atom stereocenters. The third-order valence-electron chi connectivity index (χ3n) is 5.38. The SMILES string of the molecule is Cc1ncccc1-c1cn(Cc2cnn(-c3ccc(C(F)F)cc3)c2)c2ncnc(N)c12. The number of pyridine rings is 1. The van der Waals surface area contributed by atoms with Crippen LogP contribution in [0.5, 0.6) is 0 Å². The van der Waals surface area contributed by atoms with Gasteiger partial charge in [0.1, 0.15) is 17.8 Å². The van der Waals surface area contributed by atoms with E-state index >= 15 is 0 Å². The van der Waals surface area contributed by atoms with E-state index in [0.717, 1.165) is 27.8 Å². The second kappa shape index (κ2) is 7.84. The fraction of sp³-hybridized carbons (Fsp3) is 0.130. The lowest BCUT2D eigenvalue weighted by molar-refractivity contribution is 0.151. The van der Waals surface area contributed by atoms with Crippen LogP contribution in [0.1, 0.15) is 23.2 Å². The lowest BCUT2D eigenvalue weighted by Crippen LogP contribution is -2.00. The van der Waals surface area contributed by atoms with Crippen molar-refractivity contribution in [2.24, 2.45) is 0 Å². The van der Waals surface area contributed by atoms with E-state index in [4.69, 9.17) is 5.73 Å². The fourth-order valence-electron chi connectivity index (χ4n) is 3.79. The van der Waals surface area contributed by atoms with Crippen LogP contribution in [0.3, 0.4) is 0 Å². The molecule has 0 amide bonds. The molecule has 0 aliphatic carbocycles. The Labute approximate surface area is 182 Å². The minimum atomic E-state index is -2.49. The molecule has 4 heterocycles. The van der Waals surface area contributed by atoms with Crippen LogP contribution in [0.4, 0.5) is 14.6 Å². The van der Waals surface area contributed by atoms with Crippen LogP contribution in [0.25, 0.3) is 27.8 Å². The first kappa shape index (κ1) is 19.8. The van der Waals surface area contributed by atoms with Gasteiger partial charge in [0.25, 0.3) is 6.43 Å². The molecule has 7 nitrogen and oxygen atoms in total. The Morgan fingerprint density at radius 1 is 1.00 bits per heavy atom. The molecule has 0 aliphatic rings. The number of nitrogens with zero attached hydrogens (tertiary/aromatic N) is 6. The number of nitrogens with two attached hydrogens (primary N) is 1. The molecule has 9 heteroatoms. The maximum absolute atomic E-state index is 12.8. The first-order valence-electron chi connectivity index (χ1n) is 9.94. The topological polar surface area (TPSA) is 87.4 Å². The highest BCUT2D eigenvalue weighted by Gasteiger charge is 2.17. The molecule has 0 saturated heterocycles. The van der Waals surface area contributed by atoms with Crippen LogP contribution in [-0.4, -0.2) is 29.3 Å². The Morgan fingerprint density at radius 3 is 2.56 bits per heavy atom. The van der Waals surface area contributed by atoms with Gasteiger partial charge in [-0.2, -0.15) is 5.10 Å². The third kappa shape index (κ3) is 3.47. The van der Waals surface area contributed by atoms with Crippen molar-refractivity contribution in [3.05, 3.63) is 84.3 Å². The highest BCUT2D eigenvalue weighted by Crippen LogP contribution is 2.34. The average molecular weight is 431 g/mol. The number of rotatable bonds is 5. The normalized spacial score (nSPS) is 11.5. The summed E-state index contributed by atoms with van der Waals surface area (Å²) in [5.74, 6) is 0.404. The third-order valence-corrected chi connectivity index (χ3v) is 5.38. The van der Waals surface area contributed by atoms with Gasteiger partial charge in [0.05, 0.1) is 23.8 Å². The molecular formula is C23H19F2N7. The maximum atomic E-state index is 12.8. The summed E-state index contributed by atoms with van der Waals surface area (Å²) < 4.78 is 29.3. The summed E-state index contributed by atoms with van der Waals surface area (Å²) in [7, 11) is 0. The van der Waals surface area contributed by atoms with Crippen molar-refractivity contribution in [3.63, 3.8) is 0 Å². The van der Waals surface area contributed by atoms with Gasteiger partial charge in [-0.25, -0.2) is 23.4 Å². The Hall–Kier alpha value is -4.14. The maximum Gasteiger partial charge on any atom is 0.263 e. The number of halogens is 2. The summed E-state index contributed by atoms with van der Waals surface area (Å²) >= 11 is 0. The number of aryl methyl sites for hydroxylation is 1. The molecule has 0 bridgehead atoms. The molecule has 5 rings (SSSR count). The van der Waals surface area contributed by atoms with Gasteiger partial charge in [-0.05, 0) is 25.1 Å². The Bertz CT molecular complexity index is 1400. The summed E-state index contributed by atoms with van der Waals surface area (Å²) in [5.41, 5.74) is 11.3. The van der Waals surface area contributed by atoms with Crippen molar-refractivity contribution in [3.8, 4) is 16.8 Å². The molecule has 4 aromatic heterocycles. The van der Waals surface area contributed by atoms with Crippen molar-refractivity contribution in [1.82, 2.24) is 29.3 Å². The first-order chi connectivity index (χ1) is 15.5. The summed E-state index contributed by atoms with van der Waals surface area (Å²) in [4.78, 5) is 13.0. The van der Waals surface area contributed by atoms with Gasteiger partial charge in [-0.3, -0.25) is 4.98 Å². The molecule has 0 atom stereocenters. The predicted molar refractivity (Wildman–Crippen MR) is 118 cm³/mol. The summed E-state index contributed by atoms with van der Waals surface area (Å²) in [6.07, 6.45) is 6.30. The number of nitrogen functional groups attached to an aromatic ring is 1. The Morgan fingerprint density at radius 2 is 1.81 bits per heavy atom. The van der Waals surface area contributed by atoms with Gasteiger partial charge in [-0.15, -0.1) is 0 Å². The second-order valence-corrected chi connectivity index (χ2v) is 7.45. The zero-order valence-electron chi connectivity index (χ0n) is 17.2. The van der Waals surface area contributed by atoms with E-state index < -0.39 is 6.43 Å². The van der Waals surface area contributed by atoms with Crippen molar-refractivity contribution in [2.75, 3.05) is 5.73 Å². The molecule has 1 aromatic carbocycles. The number of fused-ring (bicyclic) bond motifs is 1. The highest BCUT2D eigenvalue weighted by molar-refractivity contribution is 6.01. The number of alkyl halides is 2. The molecule has 5 aromatic rings. The molecule has 0 spiro atoms. The van der Waals surface area contributed by atoms with Crippen LogP contribution in [-0.2, 0) is 6.54 Å². The summed E-state index contributed by atoms with van der Waals surface area (Å²) in [6, 6.07) is 9.94. The number of benzene rings is 1. The summed E-state index contributed by atoms with van der Waals surface area (Å²) in [5, 5.41) is 5.16. The number of hydrogen-bond donors (Lipinski definition) is 1. The largest absolute Gasteiger partial charge is 0.383 e. The molecule has 0 aliphatic heterocycles. The molecule has 0 fully saturated rings. The lowest BCUT2D eigenvalue weighted by atomic mass is 10.1. The average Bonchev–Trinajstić information content (AvgIpc) is 3.40. The van der Waals surface area contributed by atoms with Gasteiger partial charge in [0.15, 0.2) is 0 Å². The van der Waals surface area contributed by atoms with Crippen LogP contribution in [0.15, 0.2) is 67.5 Å².